The molecule has 0 radical (unpaired) electrons. The zero-order valence-corrected chi connectivity index (χ0v) is 17.0. The highest BCUT2D eigenvalue weighted by atomic mass is 32.2. The van der Waals surface area contributed by atoms with Gasteiger partial charge in [0.25, 0.3) is 5.91 Å². The Labute approximate surface area is 164 Å². The van der Waals surface area contributed by atoms with Gasteiger partial charge < -0.3 is 10.1 Å². The number of nitrogens with one attached hydrogen (secondary N) is 2. The number of anilines is 1. The van der Waals surface area contributed by atoms with Gasteiger partial charge in [-0.25, -0.2) is 13.1 Å². The molecule has 0 aliphatic carbocycles. The lowest BCUT2D eigenvalue weighted by Crippen LogP contribution is -2.25. The van der Waals surface area contributed by atoms with Gasteiger partial charge in [0, 0.05) is 30.8 Å². The molecule has 0 aliphatic heterocycles. The number of hydrogen-bond donors (Lipinski definition) is 2. The van der Waals surface area contributed by atoms with Gasteiger partial charge in [0.2, 0.25) is 10.0 Å². The molecule has 2 aromatic carbocycles. The second-order valence-corrected chi connectivity index (χ2v) is 8.72. The highest BCUT2D eigenvalue weighted by molar-refractivity contribution is 7.99. The number of carbonyl (C=O) groups is 1. The van der Waals surface area contributed by atoms with Gasteiger partial charge in [-0.15, -0.1) is 11.8 Å². The molecule has 27 heavy (non-hydrogen) atoms. The Balaban J connectivity index is 2.04. The number of benzene rings is 2. The van der Waals surface area contributed by atoms with Crippen molar-refractivity contribution in [3.8, 4) is 0 Å². The van der Waals surface area contributed by atoms with Gasteiger partial charge in [-0.2, -0.15) is 0 Å². The largest absolute Gasteiger partial charge is 0.385 e. The van der Waals surface area contributed by atoms with E-state index >= 15 is 0 Å². The van der Waals surface area contributed by atoms with Gasteiger partial charge in [0.1, 0.15) is 0 Å². The number of ether oxygens (including phenoxy) is 1. The number of methoxy groups -OCH3 is 1. The van der Waals surface area contributed by atoms with E-state index in [1.165, 1.54) is 12.1 Å². The van der Waals surface area contributed by atoms with E-state index in [2.05, 4.69) is 10.0 Å². The number of thioether (sulfide) groups is 1. The Kier molecular flexibility index (Phi) is 8.30. The minimum Gasteiger partial charge on any atom is -0.385 e. The summed E-state index contributed by atoms with van der Waals surface area (Å²) in [7, 11) is -2.00. The quantitative estimate of drug-likeness (QED) is 0.465. The molecule has 1 amide bonds. The predicted molar refractivity (Wildman–Crippen MR) is 109 cm³/mol. The van der Waals surface area contributed by atoms with Crippen molar-refractivity contribution >= 4 is 33.4 Å². The first-order chi connectivity index (χ1) is 13.0. The zero-order valence-electron chi connectivity index (χ0n) is 15.4. The lowest BCUT2D eigenvalue weighted by Gasteiger charge is -2.10. The van der Waals surface area contributed by atoms with Crippen molar-refractivity contribution < 1.29 is 17.9 Å². The highest BCUT2D eigenvalue weighted by Gasteiger charge is 2.14. The molecule has 0 aromatic heterocycles. The molecule has 146 valence electrons. The van der Waals surface area contributed by atoms with Crippen LogP contribution in [0.2, 0.25) is 0 Å². The second-order valence-electron chi connectivity index (χ2n) is 5.65. The van der Waals surface area contributed by atoms with Crippen molar-refractivity contribution in [3.05, 3.63) is 54.1 Å². The molecule has 0 bridgehead atoms. The van der Waals surface area contributed by atoms with Crippen LogP contribution < -0.4 is 10.0 Å². The number of amides is 1. The van der Waals surface area contributed by atoms with E-state index in [9.17, 15) is 13.2 Å². The third kappa shape index (κ3) is 6.35. The summed E-state index contributed by atoms with van der Waals surface area (Å²) in [5, 5.41) is 2.81. The molecule has 0 heterocycles. The molecule has 0 fully saturated rings. The minimum atomic E-state index is -3.57. The summed E-state index contributed by atoms with van der Waals surface area (Å²) in [6.07, 6.45) is 0.596. The van der Waals surface area contributed by atoms with E-state index < -0.39 is 10.0 Å². The molecule has 0 unspecified atom stereocenters. The monoisotopic (exact) mass is 408 g/mol. The van der Waals surface area contributed by atoms with Crippen LogP contribution in [0, 0.1) is 0 Å². The summed E-state index contributed by atoms with van der Waals surface area (Å²) in [4.78, 5) is 13.6. The molecule has 0 saturated heterocycles. The van der Waals surface area contributed by atoms with Crippen LogP contribution in [0.3, 0.4) is 0 Å². The van der Waals surface area contributed by atoms with E-state index in [4.69, 9.17) is 4.74 Å². The molecule has 2 rings (SSSR count). The van der Waals surface area contributed by atoms with Gasteiger partial charge in [-0.3, -0.25) is 4.79 Å². The van der Waals surface area contributed by atoms with Gasteiger partial charge in [-0.1, -0.05) is 19.1 Å². The third-order valence-electron chi connectivity index (χ3n) is 3.67. The van der Waals surface area contributed by atoms with Crippen molar-refractivity contribution in [3.63, 3.8) is 0 Å². The molecule has 2 aromatic rings. The fraction of sp³-hybridized carbons (Fsp3) is 0.316. The Morgan fingerprint density at radius 3 is 2.48 bits per heavy atom. The summed E-state index contributed by atoms with van der Waals surface area (Å²) in [6, 6.07) is 13.5. The molecular weight excluding hydrogens is 384 g/mol. The average molecular weight is 409 g/mol. The second kappa shape index (κ2) is 10.5. The average Bonchev–Trinajstić information content (AvgIpc) is 2.66. The van der Waals surface area contributed by atoms with Crippen molar-refractivity contribution in [1.82, 2.24) is 4.72 Å². The minimum absolute atomic E-state index is 0.153. The maximum Gasteiger partial charge on any atom is 0.256 e. The first kappa shape index (κ1) is 21.4. The van der Waals surface area contributed by atoms with Crippen LogP contribution in [-0.2, 0) is 14.8 Å². The molecule has 2 N–H and O–H groups in total. The fourth-order valence-corrected chi connectivity index (χ4v) is 4.23. The maximum absolute atomic E-state index is 12.5. The smallest absolute Gasteiger partial charge is 0.256 e. The molecule has 8 heteroatoms. The zero-order chi connectivity index (χ0) is 19.7. The Bertz CT molecular complexity index is 852. The topological polar surface area (TPSA) is 84.5 Å². The summed E-state index contributed by atoms with van der Waals surface area (Å²) >= 11 is 1.60. The van der Waals surface area contributed by atoms with Crippen LogP contribution in [0.25, 0.3) is 0 Å². The Morgan fingerprint density at radius 2 is 1.81 bits per heavy atom. The number of carbonyl (C=O) groups excluding carboxylic acids is 1. The van der Waals surface area contributed by atoms with E-state index in [1.54, 1.807) is 37.1 Å². The normalized spacial score (nSPS) is 11.3. The first-order valence-corrected chi connectivity index (χ1v) is 11.1. The Morgan fingerprint density at radius 1 is 1.11 bits per heavy atom. The molecule has 0 spiro atoms. The van der Waals surface area contributed by atoms with Crippen molar-refractivity contribution in [2.75, 3.05) is 31.3 Å². The fourth-order valence-electron chi connectivity index (χ4n) is 2.36. The molecule has 0 aliphatic rings. The highest BCUT2D eigenvalue weighted by Crippen LogP contribution is 2.23. The van der Waals surface area contributed by atoms with E-state index in [1.807, 2.05) is 25.1 Å². The van der Waals surface area contributed by atoms with Gasteiger partial charge >= 0.3 is 0 Å². The number of sulfonamides is 1. The van der Waals surface area contributed by atoms with Crippen LogP contribution in [0.15, 0.2) is 58.3 Å². The molecule has 6 nitrogen and oxygen atoms in total. The van der Waals surface area contributed by atoms with E-state index in [-0.39, 0.29) is 10.8 Å². The van der Waals surface area contributed by atoms with Crippen LogP contribution in [0.1, 0.15) is 23.7 Å². The summed E-state index contributed by atoms with van der Waals surface area (Å²) < 4.78 is 31.9. The molecule has 0 saturated carbocycles. The van der Waals surface area contributed by atoms with Crippen molar-refractivity contribution in [1.29, 1.82) is 0 Å². The van der Waals surface area contributed by atoms with Gasteiger partial charge in [0.05, 0.1) is 10.5 Å². The van der Waals surface area contributed by atoms with Crippen LogP contribution in [0.4, 0.5) is 5.69 Å². The van der Waals surface area contributed by atoms with E-state index in [0.717, 1.165) is 10.6 Å². The van der Waals surface area contributed by atoms with Crippen LogP contribution in [0.5, 0.6) is 0 Å². The van der Waals surface area contributed by atoms with Gasteiger partial charge in [-0.05, 0) is 48.6 Å². The predicted octanol–water partition coefficient (Wildman–Crippen LogP) is 3.37. The SMILES string of the molecule is CCSc1ccccc1C(=O)Nc1ccc(S(=O)(=O)NCCCOC)cc1. The van der Waals surface area contributed by atoms with Crippen molar-refractivity contribution in [2.45, 2.75) is 23.1 Å². The first-order valence-electron chi connectivity index (χ1n) is 8.59. The van der Waals surface area contributed by atoms with Gasteiger partial charge in [0.15, 0.2) is 0 Å². The molecule has 0 atom stereocenters. The third-order valence-corrected chi connectivity index (χ3v) is 6.10. The molecular formula is C19H24N2O4S2. The van der Waals surface area contributed by atoms with E-state index in [0.29, 0.717) is 30.8 Å². The van der Waals surface area contributed by atoms with Crippen LogP contribution in [-0.4, -0.2) is 40.3 Å². The number of rotatable bonds is 10. The Hall–Kier alpha value is -1.87. The summed E-state index contributed by atoms with van der Waals surface area (Å²) in [6.45, 7) is 2.83. The maximum atomic E-state index is 12.5. The lowest BCUT2D eigenvalue weighted by molar-refractivity contribution is 0.102. The summed E-state index contributed by atoms with van der Waals surface area (Å²) in [5.74, 6) is 0.647. The van der Waals surface area contributed by atoms with Crippen LogP contribution >= 0.6 is 11.8 Å². The lowest BCUT2D eigenvalue weighted by atomic mass is 10.2. The standard InChI is InChI=1S/C19H24N2O4S2/c1-3-26-18-8-5-4-7-17(18)19(22)21-15-9-11-16(12-10-15)27(23,24)20-13-6-14-25-2/h4-5,7-12,20H,3,6,13-14H2,1-2H3,(H,21,22). The summed E-state index contributed by atoms with van der Waals surface area (Å²) in [5.41, 5.74) is 1.13. The van der Waals surface area contributed by atoms with Crippen molar-refractivity contribution in [2.24, 2.45) is 0 Å². The number of hydrogen-bond acceptors (Lipinski definition) is 5.